The summed E-state index contributed by atoms with van der Waals surface area (Å²) >= 11 is 0. The molecule has 24 heavy (non-hydrogen) atoms. The molecule has 1 amide bonds. The van der Waals surface area contributed by atoms with E-state index in [2.05, 4.69) is 15.6 Å². The fourth-order valence-electron chi connectivity index (χ4n) is 2.66. The van der Waals surface area contributed by atoms with E-state index in [1.165, 1.54) is 24.3 Å². The summed E-state index contributed by atoms with van der Waals surface area (Å²) in [4.78, 5) is 12.6. The van der Waals surface area contributed by atoms with Crippen molar-refractivity contribution in [3.63, 3.8) is 0 Å². The number of rotatable bonds is 4. The van der Waals surface area contributed by atoms with E-state index in [-0.39, 0.29) is 11.7 Å². The molecule has 0 unspecified atom stereocenters. The minimum atomic E-state index is -0.346. The summed E-state index contributed by atoms with van der Waals surface area (Å²) in [5.74, 6) is -0.374. The van der Waals surface area contributed by atoms with Crippen LogP contribution in [0.25, 0.3) is 5.69 Å². The van der Waals surface area contributed by atoms with Gasteiger partial charge in [-0.2, -0.15) is 0 Å². The highest BCUT2D eigenvalue weighted by molar-refractivity contribution is 6.03. The number of aromatic nitrogens is 3. The second kappa shape index (κ2) is 5.88. The van der Waals surface area contributed by atoms with Crippen LogP contribution in [0.5, 0.6) is 0 Å². The number of amides is 1. The van der Waals surface area contributed by atoms with Gasteiger partial charge in [0.1, 0.15) is 5.82 Å². The van der Waals surface area contributed by atoms with E-state index in [4.69, 9.17) is 0 Å². The maximum atomic E-state index is 13.0. The van der Waals surface area contributed by atoms with Crippen molar-refractivity contribution in [3.8, 4) is 5.69 Å². The Morgan fingerprint density at radius 1 is 1.08 bits per heavy atom. The van der Waals surface area contributed by atoms with Crippen LogP contribution in [0.2, 0.25) is 0 Å². The van der Waals surface area contributed by atoms with E-state index in [9.17, 15) is 9.18 Å². The van der Waals surface area contributed by atoms with Crippen LogP contribution in [0.15, 0.2) is 54.6 Å². The van der Waals surface area contributed by atoms with Gasteiger partial charge < -0.3 is 5.32 Å². The fraction of sp³-hybridized carbons (Fsp3) is 0.167. The quantitative estimate of drug-likeness (QED) is 0.799. The van der Waals surface area contributed by atoms with Gasteiger partial charge in [0.05, 0.1) is 11.4 Å². The van der Waals surface area contributed by atoms with Crippen LogP contribution in [0.3, 0.4) is 0 Å². The van der Waals surface area contributed by atoms with Crippen LogP contribution < -0.4 is 5.32 Å². The maximum absolute atomic E-state index is 13.0. The number of benzene rings is 2. The molecule has 6 heteroatoms. The molecule has 1 aliphatic carbocycles. The summed E-state index contributed by atoms with van der Waals surface area (Å²) in [7, 11) is 0. The summed E-state index contributed by atoms with van der Waals surface area (Å²) in [6, 6.07) is 15.3. The van der Waals surface area contributed by atoms with Crippen molar-refractivity contribution in [3.05, 3.63) is 71.8 Å². The Labute approximate surface area is 138 Å². The van der Waals surface area contributed by atoms with Gasteiger partial charge in [0, 0.05) is 11.6 Å². The standard InChI is InChI=1S/C18H15FN4O/c19-13-8-10-14(11-9-13)20-18(24)16-17(12-6-7-12)23(22-21-16)15-4-2-1-3-5-15/h1-5,8-12H,6-7H2,(H,20,24). The van der Waals surface area contributed by atoms with Crippen LogP contribution >= 0.6 is 0 Å². The number of carbonyl (C=O) groups excluding carboxylic acids is 1. The molecule has 4 rings (SSSR count). The number of nitrogens with zero attached hydrogens (tertiary/aromatic N) is 3. The molecule has 120 valence electrons. The molecule has 1 aliphatic rings. The van der Waals surface area contributed by atoms with Gasteiger partial charge in [0.2, 0.25) is 0 Å². The molecule has 0 bridgehead atoms. The minimum absolute atomic E-state index is 0.300. The maximum Gasteiger partial charge on any atom is 0.278 e. The third-order valence-electron chi connectivity index (χ3n) is 3.99. The van der Waals surface area contributed by atoms with Crippen molar-refractivity contribution in [2.45, 2.75) is 18.8 Å². The average Bonchev–Trinajstić information content (AvgIpc) is 3.35. The molecule has 1 N–H and O–H groups in total. The van der Waals surface area contributed by atoms with E-state index < -0.39 is 0 Å². The lowest BCUT2D eigenvalue weighted by Crippen LogP contribution is -2.15. The molecular weight excluding hydrogens is 307 g/mol. The fourth-order valence-corrected chi connectivity index (χ4v) is 2.66. The lowest BCUT2D eigenvalue weighted by molar-refractivity contribution is 0.102. The third-order valence-corrected chi connectivity index (χ3v) is 3.99. The summed E-state index contributed by atoms with van der Waals surface area (Å²) in [6.07, 6.45) is 2.05. The predicted molar refractivity (Wildman–Crippen MR) is 87.7 cm³/mol. The van der Waals surface area contributed by atoms with Crippen LogP contribution in [0.1, 0.15) is 34.9 Å². The lowest BCUT2D eigenvalue weighted by Gasteiger charge is -2.07. The van der Waals surface area contributed by atoms with E-state index >= 15 is 0 Å². The van der Waals surface area contributed by atoms with Gasteiger partial charge in [-0.15, -0.1) is 5.10 Å². The van der Waals surface area contributed by atoms with Gasteiger partial charge >= 0.3 is 0 Å². The molecule has 0 atom stereocenters. The Hall–Kier alpha value is -3.02. The van der Waals surface area contributed by atoms with Crippen molar-refractivity contribution in [1.82, 2.24) is 15.0 Å². The van der Waals surface area contributed by atoms with E-state index in [1.54, 1.807) is 4.68 Å². The van der Waals surface area contributed by atoms with Gasteiger partial charge in [-0.05, 0) is 49.2 Å². The molecule has 0 aliphatic heterocycles. The van der Waals surface area contributed by atoms with Crippen molar-refractivity contribution in [2.24, 2.45) is 0 Å². The number of para-hydroxylation sites is 1. The molecule has 5 nitrogen and oxygen atoms in total. The zero-order valence-electron chi connectivity index (χ0n) is 12.8. The summed E-state index contributed by atoms with van der Waals surface area (Å²) in [5.41, 5.74) is 2.57. The Balaban J connectivity index is 1.67. The van der Waals surface area contributed by atoms with Crippen LogP contribution in [0.4, 0.5) is 10.1 Å². The number of hydrogen-bond donors (Lipinski definition) is 1. The highest BCUT2D eigenvalue weighted by Gasteiger charge is 2.34. The molecular formula is C18H15FN4O. The molecule has 3 aromatic rings. The van der Waals surface area contributed by atoms with Crippen molar-refractivity contribution in [1.29, 1.82) is 0 Å². The second-order valence-electron chi connectivity index (χ2n) is 5.81. The average molecular weight is 322 g/mol. The number of nitrogens with one attached hydrogen (secondary N) is 1. The first-order chi connectivity index (χ1) is 11.7. The van der Waals surface area contributed by atoms with Gasteiger partial charge in [0.15, 0.2) is 5.69 Å². The number of hydrogen-bond acceptors (Lipinski definition) is 3. The van der Waals surface area contributed by atoms with Crippen molar-refractivity contribution >= 4 is 11.6 Å². The van der Waals surface area contributed by atoms with Gasteiger partial charge in [-0.25, -0.2) is 9.07 Å². The minimum Gasteiger partial charge on any atom is -0.321 e. The number of carbonyl (C=O) groups is 1. The molecule has 0 saturated heterocycles. The van der Waals surface area contributed by atoms with Crippen LogP contribution in [-0.2, 0) is 0 Å². The number of halogens is 1. The smallest absolute Gasteiger partial charge is 0.278 e. The molecule has 0 radical (unpaired) electrons. The third kappa shape index (κ3) is 2.78. The highest BCUT2D eigenvalue weighted by atomic mass is 19.1. The SMILES string of the molecule is O=C(Nc1ccc(F)cc1)c1nnn(-c2ccccc2)c1C1CC1. The Bertz CT molecular complexity index is 870. The molecule has 0 spiro atoms. The first kappa shape index (κ1) is 14.6. The zero-order chi connectivity index (χ0) is 16.5. The predicted octanol–water partition coefficient (Wildman–Crippen LogP) is 3.54. The molecule has 1 saturated carbocycles. The van der Waals surface area contributed by atoms with Gasteiger partial charge in [-0.1, -0.05) is 23.4 Å². The molecule has 1 aromatic heterocycles. The van der Waals surface area contributed by atoms with Crippen LogP contribution in [-0.4, -0.2) is 20.9 Å². The normalized spacial score (nSPS) is 13.7. The van der Waals surface area contributed by atoms with Gasteiger partial charge in [-0.3, -0.25) is 4.79 Å². The van der Waals surface area contributed by atoms with Crippen molar-refractivity contribution < 1.29 is 9.18 Å². The molecule has 1 fully saturated rings. The van der Waals surface area contributed by atoms with E-state index in [1.807, 2.05) is 30.3 Å². The zero-order valence-corrected chi connectivity index (χ0v) is 12.8. The van der Waals surface area contributed by atoms with Gasteiger partial charge in [0.25, 0.3) is 5.91 Å². The second-order valence-corrected chi connectivity index (χ2v) is 5.81. The topological polar surface area (TPSA) is 59.8 Å². The largest absolute Gasteiger partial charge is 0.321 e. The van der Waals surface area contributed by atoms with Crippen LogP contribution in [0, 0.1) is 5.82 Å². The van der Waals surface area contributed by atoms with E-state index in [0.29, 0.717) is 17.3 Å². The Morgan fingerprint density at radius 2 is 1.79 bits per heavy atom. The van der Waals surface area contributed by atoms with Crippen molar-refractivity contribution in [2.75, 3.05) is 5.32 Å². The monoisotopic (exact) mass is 322 g/mol. The molecule has 1 heterocycles. The molecule has 2 aromatic carbocycles. The first-order valence-corrected chi connectivity index (χ1v) is 7.80. The summed E-state index contributed by atoms with van der Waals surface area (Å²) in [5, 5.41) is 11.0. The highest BCUT2D eigenvalue weighted by Crippen LogP contribution is 2.42. The number of anilines is 1. The van der Waals surface area contributed by atoms with E-state index in [0.717, 1.165) is 24.2 Å². The first-order valence-electron chi connectivity index (χ1n) is 7.80. The lowest BCUT2D eigenvalue weighted by atomic mass is 10.2. The Morgan fingerprint density at radius 3 is 2.46 bits per heavy atom. The Kier molecular flexibility index (Phi) is 3.57. The summed E-state index contributed by atoms with van der Waals surface area (Å²) in [6.45, 7) is 0. The summed E-state index contributed by atoms with van der Waals surface area (Å²) < 4.78 is 14.7.